The minimum atomic E-state index is -0.669. The lowest BCUT2D eigenvalue weighted by Gasteiger charge is -2.35. The highest BCUT2D eigenvalue weighted by Crippen LogP contribution is 2.31. The number of nitrogens with two attached hydrogens (primary N) is 1. The van der Waals surface area contributed by atoms with Crippen LogP contribution < -0.4 is 15.2 Å². The van der Waals surface area contributed by atoms with E-state index in [1.807, 2.05) is 22.8 Å². The van der Waals surface area contributed by atoms with Gasteiger partial charge in [-0.1, -0.05) is 17.7 Å². The van der Waals surface area contributed by atoms with Crippen molar-refractivity contribution in [1.82, 2.24) is 19.7 Å². The number of β-amino-alcohol motifs (C(OH)–C–C–N with tert-alkyl or cyclic N) is 1. The summed E-state index contributed by atoms with van der Waals surface area (Å²) in [7, 11) is 0. The van der Waals surface area contributed by atoms with Crippen LogP contribution in [0.1, 0.15) is 20.7 Å². The van der Waals surface area contributed by atoms with Crippen LogP contribution in [-0.2, 0) is 6.54 Å². The van der Waals surface area contributed by atoms with Crippen LogP contribution in [-0.4, -0.2) is 68.8 Å². The fourth-order valence-corrected chi connectivity index (χ4v) is 5.14. The summed E-state index contributed by atoms with van der Waals surface area (Å²) in [5.41, 5.74) is 7.05. The molecular formula is C30H26ClN5O5. The van der Waals surface area contributed by atoms with E-state index in [9.17, 15) is 14.7 Å². The molecule has 0 aliphatic carbocycles. The van der Waals surface area contributed by atoms with Crippen LogP contribution in [0.3, 0.4) is 0 Å². The fourth-order valence-electron chi connectivity index (χ4n) is 4.96. The lowest BCUT2D eigenvalue weighted by molar-refractivity contribution is 0.000715. The topological polar surface area (TPSA) is 133 Å². The maximum absolute atomic E-state index is 13.5. The number of aromatic nitrogens is 3. The predicted molar refractivity (Wildman–Crippen MR) is 154 cm³/mol. The molecule has 0 saturated carbocycles. The highest BCUT2D eigenvalue weighted by Gasteiger charge is 2.24. The van der Waals surface area contributed by atoms with E-state index >= 15 is 0 Å². The Bertz CT molecular complexity index is 1770. The summed E-state index contributed by atoms with van der Waals surface area (Å²) in [5, 5.41) is 20.3. The van der Waals surface area contributed by atoms with Crippen molar-refractivity contribution in [2.45, 2.75) is 12.6 Å². The number of amides is 1. The standard InChI is InChI=1S/C30H26ClN5O5/c31-20-4-3-18-12-28(24(30(32)39)11-19(18)10-20)40-17-27(38)25-16-36(9-8-35-14-21(37)15-35)26-13-22(5-6-23(25)26)41-29-2-1-7-33-34-29/h1-7,10-13,16,21,37H,8-9,14-15,17H2,(H2,32,39). The summed E-state index contributed by atoms with van der Waals surface area (Å²) in [6.45, 7) is 2.27. The van der Waals surface area contributed by atoms with Gasteiger partial charge >= 0.3 is 0 Å². The van der Waals surface area contributed by atoms with E-state index in [0.717, 1.165) is 21.7 Å². The number of primary amides is 1. The first-order valence-electron chi connectivity index (χ1n) is 13.0. The first-order valence-corrected chi connectivity index (χ1v) is 13.4. The SMILES string of the molecule is NC(=O)c1cc2cc(Cl)ccc2cc1OCC(=O)c1cn(CCN2CC(O)C2)c2cc(Oc3cccnn3)ccc12. The van der Waals surface area contributed by atoms with E-state index in [-0.39, 0.29) is 29.8 Å². The molecule has 41 heavy (non-hydrogen) atoms. The molecule has 6 rings (SSSR count). The van der Waals surface area contributed by atoms with Crippen molar-refractivity contribution in [1.29, 1.82) is 0 Å². The molecule has 208 valence electrons. The van der Waals surface area contributed by atoms with Gasteiger partial charge in [-0.3, -0.25) is 14.5 Å². The smallest absolute Gasteiger partial charge is 0.252 e. The second-order valence-corrected chi connectivity index (χ2v) is 10.3. The van der Waals surface area contributed by atoms with E-state index in [1.165, 1.54) is 0 Å². The number of carbonyl (C=O) groups excluding carboxylic acids is 2. The summed E-state index contributed by atoms with van der Waals surface area (Å²) in [6, 6.07) is 17.5. The minimum Gasteiger partial charge on any atom is -0.485 e. The second kappa shape index (κ2) is 11.2. The van der Waals surface area contributed by atoms with Crippen LogP contribution in [0.4, 0.5) is 0 Å². The third-order valence-electron chi connectivity index (χ3n) is 7.04. The Labute approximate surface area is 239 Å². The third kappa shape index (κ3) is 5.71. The van der Waals surface area contributed by atoms with Crippen molar-refractivity contribution in [2.24, 2.45) is 5.73 Å². The van der Waals surface area contributed by atoms with Crippen LogP contribution in [0, 0.1) is 0 Å². The van der Waals surface area contributed by atoms with Crippen LogP contribution in [0.25, 0.3) is 21.7 Å². The number of hydrogen-bond acceptors (Lipinski definition) is 8. The number of benzene rings is 3. The molecule has 1 aliphatic rings. The maximum Gasteiger partial charge on any atom is 0.252 e. The zero-order chi connectivity index (χ0) is 28.5. The van der Waals surface area contributed by atoms with E-state index in [4.69, 9.17) is 26.8 Å². The van der Waals surface area contributed by atoms with E-state index in [1.54, 1.807) is 54.9 Å². The molecule has 5 aromatic rings. The maximum atomic E-state index is 13.5. The summed E-state index contributed by atoms with van der Waals surface area (Å²) in [5.74, 6) is 0.196. The monoisotopic (exact) mass is 571 g/mol. The number of halogens is 1. The van der Waals surface area contributed by atoms with Gasteiger partial charge in [0.25, 0.3) is 5.91 Å². The summed E-state index contributed by atoms with van der Waals surface area (Å²) in [4.78, 5) is 27.8. The molecule has 1 amide bonds. The van der Waals surface area contributed by atoms with Gasteiger partial charge in [0, 0.05) is 66.7 Å². The quantitative estimate of drug-likeness (QED) is 0.240. The number of nitrogens with zero attached hydrogens (tertiary/aromatic N) is 4. The van der Waals surface area contributed by atoms with Gasteiger partial charge in [0.15, 0.2) is 6.61 Å². The largest absolute Gasteiger partial charge is 0.485 e. The van der Waals surface area contributed by atoms with E-state index in [2.05, 4.69) is 15.1 Å². The number of fused-ring (bicyclic) bond motifs is 2. The molecule has 1 aliphatic heterocycles. The van der Waals surface area contributed by atoms with Crippen LogP contribution >= 0.6 is 11.6 Å². The molecule has 0 unspecified atom stereocenters. The van der Waals surface area contributed by atoms with Gasteiger partial charge in [-0.25, -0.2) is 0 Å². The highest BCUT2D eigenvalue weighted by molar-refractivity contribution is 6.31. The van der Waals surface area contributed by atoms with Gasteiger partial charge in [0.2, 0.25) is 11.7 Å². The molecule has 2 aromatic heterocycles. The number of aliphatic hydroxyl groups is 1. The molecule has 3 heterocycles. The number of ether oxygens (including phenoxy) is 2. The number of hydrogen-bond donors (Lipinski definition) is 2. The molecule has 3 N–H and O–H groups in total. The second-order valence-electron chi connectivity index (χ2n) is 9.91. The third-order valence-corrected chi connectivity index (χ3v) is 7.28. The lowest BCUT2D eigenvalue weighted by Crippen LogP contribution is -2.51. The van der Waals surface area contributed by atoms with Crippen molar-refractivity contribution < 1.29 is 24.2 Å². The normalized spacial score (nSPS) is 13.8. The number of ketones is 1. The molecule has 3 aromatic carbocycles. The first kappa shape index (κ1) is 26.7. The Morgan fingerprint density at radius 1 is 1.02 bits per heavy atom. The molecular weight excluding hydrogens is 546 g/mol. The highest BCUT2D eigenvalue weighted by atomic mass is 35.5. The molecule has 0 bridgehead atoms. The number of Topliss-reactive ketones (excluding diaryl/α,β-unsaturated/α-hetero) is 1. The Hall–Kier alpha value is -4.51. The van der Waals surface area contributed by atoms with Crippen molar-refractivity contribution in [2.75, 3.05) is 26.2 Å². The molecule has 1 saturated heterocycles. The van der Waals surface area contributed by atoms with Crippen LogP contribution in [0.2, 0.25) is 5.02 Å². The van der Waals surface area contributed by atoms with Crippen molar-refractivity contribution in [3.8, 4) is 17.4 Å². The Kier molecular flexibility index (Phi) is 7.27. The van der Waals surface area contributed by atoms with Crippen molar-refractivity contribution >= 4 is 45.0 Å². The Morgan fingerprint density at radius 3 is 2.63 bits per heavy atom. The van der Waals surface area contributed by atoms with E-state index in [0.29, 0.717) is 48.4 Å². The molecule has 10 nitrogen and oxygen atoms in total. The van der Waals surface area contributed by atoms with Gasteiger partial charge in [0.05, 0.1) is 17.2 Å². The first-order chi connectivity index (χ1) is 19.8. The van der Waals surface area contributed by atoms with E-state index < -0.39 is 5.91 Å². The van der Waals surface area contributed by atoms with Gasteiger partial charge in [-0.05, 0) is 53.2 Å². The zero-order valence-electron chi connectivity index (χ0n) is 21.9. The number of aliphatic hydroxyl groups excluding tert-OH is 1. The van der Waals surface area contributed by atoms with Gasteiger partial charge in [-0.15, -0.1) is 5.10 Å². The lowest BCUT2D eigenvalue weighted by atomic mass is 10.1. The average Bonchev–Trinajstić information content (AvgIpc) is 3.31. The van der Waals surface area contributed by atoms with Crippen LogP contribution in [0.5, 0.6) is 17.4 Å². The van der Waals surface area contributed by atoms with Crippen LogP contribution in [0.15, 0.2) is 73.1 Å². The van der Waals surface area contributed by atoms with Gasteiger partial charge < -0.3 is 24.9 Å². The Morgan fingerprint density at radius 2 is 1.88 bits per heavy atom. The van der Waals surface area contributed by atoms with Gasteiger partial charge in [-0.2, -0.15) is 5.10 Å². The number of carbonyl (C=O) groups is 2. The fraction of sp³-hybridized carbons (Fsp3) is 0.200. The molecule has 1 fully saturated rings. The summed E-state index contributed by atoms with van der Waals surface area (Å²) < 4.78 is 13.7. The summed E-state index contributed by atoms with van der Waals surface area (Å²) >= 11 is 6.10. The van der Waals surface area contributed by atoms with Crippen molar-refractivity contribution in [3.05, 3.63) is 89.2 Å². The molecule has 11 heteroatoms. The Balaban J connectivity index is 1.28. The van der Waals surface area contributed by atoms with Gasteiger partial charge in [0.1, 0.15) is 11.5 Å². The molecule has 0 spiro atoms. The molecule has 0 radical (unpaired) electrons. The number of likely N-dealkylation sites (tertiary alicyclic amines) is 1. The summed E-state index contributed by atoms with van der Waals surface area (Å²) in [6.07, 6.45) is 3.07. The van der Waals surface area contributed by atoms with Crippen molar-refractivity contribution in [3.63, 3.8) is 0 Å². The predicted octanol–water partition coefficient (Wildman–Crippen LogP) is 4.07. The number of rotatable bonds is 10. The molecule has 0 atom stereocenters. The zero-order valence-corrected chi connectivity index (χ0v) is 22.6. The minimum absolute atomic E-state index is 0.164. The average molecular weight is 572 g/mol.